The number of rotatable bonds is 5. The molecule has 0 aliphatic carbocycles. The van der Waals surface area contributed by atoms with Crippen LogP contribution in [0.2, 0.25) is 0 Å². The maximum absolute atomic E-state index is 11.9. The molecule has 3 atom stereocenters. The van der Waals surface area contributed by atoms with Gasteiger partial charge in [-0.25, -0.2) is 0 Å². The van der Waals surface area contributed by atoms with E-state index in [-0.39, 0.29) is 42.9 Å². The van der Waals surface area contributed by atoms with Crippen molar-refractivity contribution < 1.29 is 9.90 Å². The van der Waals surface area contributed by atoms with Crippen LogP contribution in [0.3, 0.4) is 0 Å². The predicted octanol–water partition coefficient (Wildman–Crippen LogP) is 0.647. The van der Waals surface area contributed by atoms with Gasteiger partial charge in [0.05, 0.1) is 12.1 Å². The molecular formula is C14H29Cl2N3O2. The fourth-order valence-electron chi connectivity index (χ4n) is 3.05. The highest BCUT2D eigenvalue weighted by Crippen LogP contribution is 2.16. The molecule has 21 heavy (non-hydrogen) atoms. The first kappa shape index (κ1) is 20.9. The second-order valence-electron chi connectivity index (χ2n) is 6.40. The normalized spacial score (nSPS) is 29.0. The summed E-state index contributed by atoms with van der Waals surface area (Å²) in [5.41, 5.74) is 0. The van der Waals surface area contributed by atoms with Gasteiger partial charge in [0, 0.05) is 26.2 Å². The van der Waals surface area contributed by atoms with Crippen LogP contribution < -0.4 is 10.6 Å². The third-order valence-electron chi connectivity index (χ3n) is 3.98. The topological polar surface area (TPSA) is 64.6 Å². The van der Waals surface area contributed by atoms with Gasteiger partial charge >= 0.3 is 0 Å². The molecule has 0 bridgehead atoms. The number of hydrogen-bond acceptors (Lipinski definition) is 4. The molecule has 0 aromatic heterocycles. The summed E-state index contributed by atoms with van der Waals surface area (Å²) in [4.78, 5) is 14.4. The lowest BCUT2D eigenvalue weighted by Gasteiger charge is -2.18. The number of amides is 1. The molecule has 1 amide bonds. The largest absolute Gasteiger partial charge is 0.392 e. The Balaban J connectivity index is 0.00000200. The summed E-state index contributed by atoms with van der Waals surface area (Å²) in [7, 11) is 0. The molecule has 2 fully saturated rings. The van der Waals surface area contributed by atoms with Crippen molar-refractivity contribution in [3.8, 4) is 0 Å². The molecule has 0 aromatic rings. The summed E-state index contributed by atoms with van der Waals surface area (Å²) in [5, 5.41) is 15.5. The Labute approximate surface area is 140 Å². The van der Waals surface area contributed by atoms with Gasteiger partial charge in [0.2, 0.25) is 5.91 Å². The molecule has 2 aliphatic heterocycles. The summed E-state index contributed by atoms with van der Waals surface area (Å²) in [6, 6.07) is -0.205. The zero-order valence-corrected chi connectivity index (χ0v) is 14.5. The molecule has 0 radical (unpaired) electrons. The van der Waals surface area contributed by atoms with Crippen LogP contribution in [0.1, 0.15) is 26.7 Å². The van der Waals surface area contributed by atoms with Crippen molar-refractivity contribution in [2.75, 3.05) is 32.7 Å². The summed E-state index contributed by atoms with van der Waals surface area (Å²) in [6.07, 6.45) is 1.34. The van der Waals surface area contributed by atoms with Gasteiger partial charge < -0.3 is 20.6 Å². The van der Waals surface area contributed by atoms with Crippen LogP contribution in [-0.2, 0) is 4.79 Å². The van der Waals surface area contributed by atoms with E-state index in [1.54, 1.807) is 0 Å². The second kappa shape index (κ2) is 9.85. The number of likely N-dealkylation sites (tertiary alicyclic amines) is 1. The van der Waals surface area contributed by atoms with E-state index in [2.05, 4.69) is 29.4 Å². The van der Waals surface area contributed by atoms with Crippen molar-refractivity contribution >= 4 is 30.7 Å². The highest BCUT2D eigenvalue weighted by molar-refractivity contribution is 5.85. The van der Waals surface area contributed by atoms with E-state index in [0.717, 1.165) is 26.2 Å². The predicted molar refractivity (Wildman–Crippen MR) is 89.3 cm³/mol. The molecule has 5 nitrogen and oxygen atoms in total. The number of halogens is 2. The summed E-state index contributed by atoms with van der Waals surface area (Å²) in [6.45, 7) is 9.18. The SMILES string of the molecule is CC(C)CN1CCC(CNC(=O)C2CC(O)CN2)C1.Cl.Cl. The van der Waals surface area contributed by atoms with Gasteiger partial charge in [-0.15, -0.1) is 24.8 Å². The summed E-state index contributed by atoms with van der Waals surface area (Å²) < 4.78 is 0. The smallest absolute Gasteiger partial charge is 0.237 e. The molecule has 2 rings (SSSR count). The molecule has 126 valence electrons. The average molecular weight is 342 g/mol. The Morgan fingerprint density at radius 2 is 2.14 bits per heavy atom. The number of β-amino-alcohol motifs (C(OH)–C–C–N with tert-alkyl or cyclic N) is 1. The minimum atomic E-state index is -0.372. The third kappa shape index (κ3) is 6.70. The van der Waals surface area contributed by atoms with Gasteiger partial charge in [-0.1, -0.05) is 13.8 Å². The molecule has 0 spiro atoms. The molecule has 2 aliphatic rings. The minimum Gasteiger partial charge on any atom is -0.392 e. The third-order valence-corrected chi connectivity index (χ3v) is 3.98. The Hall–Kier alpha value is -0.0700. The zero-order valence-electron chi connectivity index (χ0n) is 12.9. The van der Waals surface area contributed by atoms with Crippen molar-refractivity contribution in [2.45, 2.75) is 38.8 Å². The minimum absolute atomic E-state index is 0. The number of carbonyl (C=O) groups is 1. The van der Waals surface area contributed by atoms with Gasteiger partial charge in [0.15, 0.2) is 0 Å². The fourth-order valence-corrected chi connectivity index (χ4v) is 3.05. The Morgan fingerprint density at radius 1 is 1.43 bits per heavy atom. The van der Waals surface area contributed by atoms with Gasteiger partial charge in [0.1, 0.15) is 0 Å². The van der Waals surface area contributed by atoms with Crippen molar-refractivity contribution in [2.24, 2.45) is 11.8 Å². The number of carbonyl (C=O) groups excluding carboxylic acids is 1. The van der Waals surface area contributed by atoms with Crippen molar-refractivity contribution in [3.63, 3.8) is 0 Å². The molecular weight excluding hydrogens is 313 g/mol. The maximum atomic E-state index is 11.9. The van der Waals surface area contributed by atoms with Crippen LogP contribution in [0.25, 0.3) is 0 Å². The van der Waals surface area contributed by atoms with Crippen LogP contribution in [0.5, 0.6) is 0 Å². The van der Waals surface area contributed by atoms with Gasteiger partial charge in [-0.2, -0.15) is 0 Å². The van der Waals surface area contributed by atoms with Crippen LogP contribution in [-0.4, -0.2) is 60.8 Å². The van der Waals surface area contributed by atoms with Crippen molar-refractivity contribution in [3.05, 3.63) is 0 Å². The summed E-state index contributed by atoms with van der Waals surface area (Å²) in [5.74, 6) is 1.32. The molecule has 3 unspecified atom stereocenters. The van der Waals surface area contributed by atoms with E-state index in [1.165, 1.54) is 6.42 Å². The molecule has 3 N–H and O–H groups in total. The lowest BCUT2D eigenvalue weighted by Crippen LogP contribution is -2.42. The molecule has 2 saturated heterocycles. The standard InChI is InChI=1S/C14H27N3O2.2ClH/c1-10(2)8-17-4-3-11(9-17)6-16-14(19)13-5-12(18)7-15-13;;/h10-13,15,18H,3-9H2,1-2H3,(H,16,19);2*1H. The van der Waals surface area contributed by atoms with E-state index >= 15 is 0 Å². The lowest BCUT2D eigenvalue weighted by atomic mass is 10.1. The van der Waals surface area contributed by atoms with Gasteiger partial charge in [-0.3, -0.25) is 4.79 Å². The van der Waals surface area contributed by atoms with Crippen LogP contribution in [0, 0.1) is 11.8 Å². The first-order chi connectivity index (χ1) is 9.04. The first-order valence-corrected chi connectivity index (χ1v) is 7.46. The molecule has 0 saturated carbocycles. The second-order valence-corrected chi connectivity index (χ2v) is 6.40. The number of aliphatic hydroxyl groups excluding tert-OH is 1. The quantitative estimate of drug-likeness (QED) is 0.686. The Bertz CT molecular complexity index is 319. The van der Waals surface area contributed by atoms with E-state index in [9.17, 15) is 9.90 Å². The monoisotopic (exact) mass is 341 g/mol. The average Bonchev–Trinajstić information content (AvgIpc) is 2.94. The van der Waals surface area contributed by atoms with E-state index in [1.807, 2.05) is 0 Å². The fraction of sp³-hybridized carbons (Fsp3) is 0.929. The molecule has 0 aromatic carbocycles. The number of hydrogen-bond donors (Lipinski definition) is 3. The van der Waals surface area contributed by atoms with Crippen molar-refractivity contribution in [1.29, 1.82) is 0 Å². The van der Waals surface area contributed by atoms with E-state index in [4.69, 9.17) is 0 Å². The number of nitrogens with one attached hydrogen (secondary N) is 2. The van der Waals surface area contributed by atoms with Crippen LogP contribution in [0.15, 0.2) is 0 Å². The van der Waals surface area contributed by atoms with E-state index < -0.39 is 0 Å². The molecule has 7 heteroatoms. The van der Waals surface area contributed by atoms with Crippen LogP contribution >= 0.6 is 24.8 Å². The first-order valence-electron chi connectivity index (χ1n) is 7.46. The van der Waals surface area contributed by atoms with E-state index in [0.29, 0.717) is 24.8 Å². The Morgan fingerprint density at radius 3 is 2.71 bits per heavy atom. The van der Waals surface area contributed by atoms with Crippen LogP contribution in [0.4, 0.5) is 0 Å². The Kier molecular flexibility index (Phi) is 9.81. The molecule has 2 heterocycles. The summed E-state index contributed by atoms with van der Waals surface area (Å²) >= 11 is 0. The highest BCUT2D eigenvalue weighted by Gasteiger charge is 2.29. The maximum Gasteiger partial charge on any atom is 0.237 e. The number of aliphatic hydroxyl groups is 1. The highest BCUT2D eigenvalue weighted by atomic mass is 35.5. The van der Waals surface area contributed by atoms with Gasteiger partial charge in [-0.05, 0) is 31.2 Å². The number of nitrogens with zero attached hydrogens (tertiary/aromatic N) is 1. The lowest BCUT2D eigenvalue weighted by molar-refractivity contribution is -0.123. The zero-order chi connectivity index (χ0) is 13.8. The van der Waals surface area contributed by atoms with Crippen molar-refractivity contribution in [1.82, 2.24) is 15.5 Å². The van der Waals surface area contributed by atoms with Gasteiger partial charge in [0.25, 0.3) is 0 Å².